The summed E-state index contributed by atoms with van der Waals surface area (Å²) in [6.45, 7) is 2.07. The van der Waals surface area contributed by atoms with Crippen LogP contribution in [0.4, 0.5) is 5.69 Å². The van der Waals surface area contributed by atoms with E-state index in [1.54, 1.807) is 30.0 Å². The molecule has 0 atom stereocenters. The third-order valence-electron chi connectivity index (χ3n) is 3.87. The summed E-state index contributed by atoms with van der Waals surface area (Å²) in [6.07, 6.45) is 0. The zero-order valence-electron chi connectivity index (χ0n) is 15.3. The van der Waals surface area contributed by atoms with Gasteiger partial charge in [0, 0.05) is 11.9 Å². The summed E-state index contributed by atoms with van der Waals surface area (Å²) in [4.78, 5) is 13.4. The fourth-order valence-corrected chi connectivity index (χ4v) is 4.25. The van der Waals surface area contributed by atoms with E-state index in [9.17, 15) is 4.79 Å². The Bertz CT molecular complexity index is 977. The molecule has 2 aromatic carbocycles. The average molecular weight is 453 g/mol. The molecule has 3 aromatic rings. The molecule has 1 N–H and O–H groups in total. The van der Waals surface area contributed by atoms with Gasteiger partial charge in [-0.3, -0.25) is 4.79 Å². The lowest BCUT2D eigenvalue weighted by molar-refractivity contribution is -0.113. The van der Waals surface area contributed by atoms with Crippen LogP contribution >= 0.6 is 46.7 Å². The highest BCUT2D eigenvalue weighted by atomic mass is 35.5. The first-order valence-electron chi connectivity index (χ1n) is 8.38. The number of hydrogen-bond donors (Lipinski definition) is 1. The summed E-state index contributed by atoms with van der Waals surface area (Å²) in [6, 6.07) is 13.5. The van der Waals surface area contributed by atoms with E-state index < -0.39 is 0 Å². The van der Waals surface area contributed by atoms with Crippen molar-refractivity contribution in [2.24, 2.45) is 7.05 Å². The number of nitrogens with zero attached hydrogens (tertiary/aromatic N) is 3. The Labute approximate surface area is 182 Å². The van der Waals surface area contributed by atoms with Crippen molar-refractivity contribution in [2.45, 2.75) is 22.7 Å². The van der Waals surface area contributed by atoms with Crippen molar-refractivity contribution in [3.05, 3.63) is 63.9 Å². The van der Waals surface area contributed by atoms with Gasteiger partial charge in [-0.2, -0.15) is 0 Å². The number of anilines is 1. The fraction of sp³-hybridized carbons (Fsp3) is 0.211. The minimum absolute atomic E-state index is 0.187. The van der Waals surface area contributed by atoms with Crippen molar-refractivity contribution in [3.8, 4) is 0 Å². The third kappa shape index (κ3) is 5.44. The second-order valence-electron chi connectivity index (χ2n) is 6.00. The van der Waals surface area contributed by atoms with Gasteiger partial charge >= 0.3 is 0 Å². The number of hydrogen-bond acceptors (Lipinski definition) is 5. The number of carbonyl (C=O) groups excluding carboxylic acids is 1. The molecule has 146 valence electrons. The second-order valence-corrected chi connectivity index (χ2v) is 8.77. The van der Waals surface area contributed by atoms with Crippen LogP contribution in [-0.2, 0) is 17.6 Å². The normalized spacial score (nSPS) is 10.9. The molecular formula is C19H18Cl2N4OS2. The second kappa shape index (κ2) is 9.69. The number of aryl methyl sites for hydroxylation is 1. The summed E-state index contributed by atoms with van der Waals surface area (Å²) >= 11 is 15.1. The average Bonchev–Trinajstić information content (AvgIpc) is 3.03. The number of benzene rings is 2. The van der Waals surface area contributed by atoms with Crippen LogP contribution in [-0.4, -0.2) is 26.4 Å². The minimum Gasteiger partial charge on any atom is -0.324 e. The number of aromatic nitrogens is 3. The van der Waals surface area contributed by atoms with Crippen LogP contribution in [0.25, 0.3) is 0 Å². The smallest absolute Gasteiger partial charge is 0.234 e. The van der Waals surface area contributed by atoms with E-state index in [0.717, 1.165) is 5.82 Å². The van der Waals surface area contributed by atoms with E-state index in [0.29, 0.717) is 26.6 Å². The lowest BCUT2D eigenvalue weighted by Crippen LogP contribution is -2.14. The Hall–Kier alpha value is -1.67. The molecule has 0 aliphatic heterocycles. The molecule has 1 aromatic heterocycles. The topological polar surface area (TPSA) is 59.8 Å². The van der Waals surface area contributed by atoms with E-state index in [2.05, 4.69) is 46.7 Å². The maximum absolute atomic E-state index is 12.2. The summed E-state index contributed by atoms with van der Waals surface area (Å²) in [5, 5.41) is 12.6. The van der Waals surface area contributed by atoms with Crippen LogP contribution in [0, 0.1) is 6.92 Å². The van der Waals surface area contributed by atoms with E-state index in [1.165, 1.54) is 22.2 Å². The van der Waals surface area contributed by atoms with Gasteiger partial charge in [0.2, 0.25) is 5.91 Å². The molecule has 1 heterocycles. The van der Waals surface area contributed by atoms with Crippen molar-refractivity contribution in [1.82, 2.24) is 14.8 Å². The number of carbonyl (C=O) groups is 1. The fourth-order valence-electron chi connectivity index (χ4n) is 2.30. The Kier molecular flexibility index (Phi) is 7.29. The third-order valence-corrected chi connectivity index (χ3v) is 6.72. The first-order chi connectivity index (χ1) is 13.4. The number of thioether (sulfide) groups is 2. The van der Waals surface area contributed by atoms with Crippen molar-refractivity contribution in [3.63, 3.8) is 0 Å². The lowest BCUT2D eigenvalue weighted by atomic mass is 10.2. The molecule has 0 saturated heterocycles. The van der Waals surface area contributed by atoms with Gasteiger partial charge in [-0.15, -0.1) is 22.0 Å². The summed E-state index contributed by atoms with van der Waals surface area (Å²) in [7, 11) is 1.90. The molecule has 0 fully saturated rings. The zero-order valence-corrected chi connectivity index (χ0v) is 18.4. The van der Waals surface area contributed by atoms with Crippen LogP contribution in [0.5, 0.6) is 0 Å². The molecule has 0 spiro atoms. The number of halogens is 2. The molecule has 1 amide bonds. The summed E-state index contributed by atoms with van der Waals surface area (Å²) < 4.78 is 1.91. The molecule has 28 heavy (non-hydrogen) atoms. The standard InChI is InChI=1S/C19H18Cl2N4OS2/c1-12-6-8-13(9-7-12)27-10-16-23-24-19(25(16)2)28-11-17(26)22-15-5-3-4-14(20)18(15)21/h3-9H,10-11H2,1-2H3,(H,22,26). The molecule has 5 nitrogen and oxygen atoms in total. The lowest BCUT2D eigenvalue weighted by Gasteiger charge is -2.08. The molecule has 3 rings (SSSR count). The van der Waals surface area contributed by atoms with Gasteiger partial charge in [0.1, 0.15) is 5.82 Å². The van der Waals surface area contributed by atoms with Gasteiger partial charge in [0.25, 0.3) is 0 Å². The molecule has 0 aliphatic carbocycles. The van der Waals surface area contributed by atoms with E-state index in [4.69, 9.17) is 23.2 Å². The Balaban J connectivity index is 1.54. The summed E-state index contributed by atoms with van der Waals surface area (Å²) in [5.74, 6) is 1.57. The summed E-state index contributed by atoms with van der Waals surface area (Å²) in [5.41, 5.74) is 1.73. The van der Waals surface area contributed by atoms with Crippen molar-refractivity contribution >= 4 is 58.3 Å². The van der Waals surface area contributed by atoms with Gasteiger partial charge in [-0.1, -0.05) is 58.7 Å². The van der Waals surface area contributed by atoms with Crippen LogP contribution in [0.1, 0.15) is 11.4 Å². The number of rotatable bonds is 7. The first-order valence-corrected chi connectivity index (χ1v) is 11.1. The Morgan fingerprint density at radius 3 is 2.61 bits per heavy atom. The van der Waals surface area contributed by atoms with Gasteiger partial charge in [0.05, 0.1) is 27.2 Å². The number of nitrogens with one attached hydrogen (secondary N) is 1. The van der Waals surface area contributed by atoms with Gasteiger partial charge < -0.3 is 9.88 Å². The Morgan fingerprint density at radius 2 is 1.86 bits per heavy atom. The maximum atomic E-state index is 12.2. The molecule has 0 saturated carbocycles. The van der Waals surface area contributed by atoms with E-state index in [1.807, 2.05) is 11.6 Å². The van der Waals surface area contributed by atoms with Crippen molar-refractivity contribution < 1.29 is 4.79 Å². The van der Waals surface area contributed by atoms with Crippen LogP contribution in [0.3, 0.4) is 0 Å². The first kappa shape index (κ1) is 21.0. The molecular weight excluding hydrogens is 435 g/mol. The molecule has 0 bridgehead atoms. The van der Waals surface area contributed by atoms with Crippen LogP contribution in [0.15, 0.2) is 52.5 Å². The molecule has 0 radical (unpaired) electrons. The Morgan fingerprint density at radius 1 is 1.11 bits per heavy atom. The number of amides is 1. The maximum Gasteiger partial charge on any atom is 0.234 e. The quantitative estimate of drug-likeness (QED) is 0.482. The largest absolute Gasteiger partial charge is 0.324 e. The predicted octanol–water partition coefficient (Wildman–Crippen LogP) is 5.45. The SMILES string of the molecule is Cc1ccc(SCc2nnc(SCC(=O)Nc3cccc(Cl)c3Cl)n2C)cc1. The van der Waals surface area contributed by atoms with E-state index >= 15 is 0 Å². The van der Waals surface area contributed by atoms with Gasteiger partial charge in [0.15, 0.2) is 5.16 Å². The monoisotopic (exact) mass is 452 g/mol. The van der Waals surface area contributed by atoms with Gasteiger partial charge in [-0.05, 0) is 31.2 Å². The van der Waals surface area contributed by atoms with Crippen molar-refractivity contribution in [2.75, 3.05) is 11.1 Å². The van der Waals surface area contributed by atoms with E-state index in [-0.39, 0.29) is 11.7 Å². The van der Waals surface area contributed by atoms with Crippen LogP contribution < -0.4 is 5.32 Å². The molecule has 9 heteroatoms. The van der Waals surface area contributed by atoms with Crippen molar-refractivity contribution in [1.29, 1.82) is 0 Å². The molecule has 0 aliphatic rings. The van der Waals surface area contributed by atoms with Gasteiger partial charge in [-0.25, -0.2) is 0 Å². The highest BCUT2D eigenvalue weighted by molar-refractivity contribution is 7.99. The zero-order chi connectivity index (χ0) is 20.1. The van der Waals surface area contributed by atoms with Crippen LogP contribution in [0.2, 0.25) is 10.0 Å². The molecule has 0 unspecified atom stereocenters. The highest BCUT2D eigenvalue weighted by Gasteiger charge is 2.13. The minimum atomic E-state index is -0.187. The highest BCUT2D eigenvalue weighted by Crippen LogP contribution is 2.30. The predicted molar refractivity (Wildman–Crippen MR) is 118 cm³/mol.